The first kappa shape index (κ1) is 16.6. The van der Waals surface area contributed by atoms with Gasteiger partial charge in [-0.25, -0.2) is 0 Å². The Morgan fingerprint density at radius 3 is 2.67 bits per heavy atom. The van der Waals surface area contributed by atoms with Crippen LogP contribution in [0.2, 0.25) is 5.02 Å². The summed E-state index contributed by atoms with van der Waals surface area (Å²) in [5.74, 6) is -0.885. The van der Waals surface area contributed by atoms with Gasteiger partial charge in [0.1, 0.15) is 0 Å². The summed E-state index contributed by atoms with van der Waals surface area (Å²) in [7, 11) is 0. The minimum absolute atomic E-state index is 0.251. The first-order valence-electron chi connectivity index (χ1n) is 6.80. The molecule has 120 valence electrons. The summed E-state index contributed by atoms with van der Waals surface area (Å²) in [6.07, 6.45) is 4.96. The Hall–Kier alpha value is -2.22. The number of carbonyl (C=O) groups is 2. The van der Waals surface area contributed by atoms with Gasteiger partial charge < -0.3 is 0 Å². The summed E-state index contributed by atoms with van der Waals surface area (Å²) in [6, 6.07) is 10.1. The zero-order valence-electron chi connectivity index (χ0n) is 12.1. The van der Waals surface area contributed by atoms with Gasteiger partial charge in [-0.15, -0.1) is 0 Å². The molecular weight excluding hydrogens is 366 g/mol. The second kappa shape index (κ2) is 7.12. The minimum atomic E-state index is -0.498. The first-order chi connectivity index (χ1) is 11.6. The van der Waals surface area contributed by atoms with E-state index in [1.165, 1.54) is 0 Å². The molecule has 0 radical (unpaired) electrons. The van der Waals surface area contributed by atoms with E-state index in [0.717, 1.165) is 22.3 Å². The van der Waals surface area contributed by atoms with Crippen molar-refractivity contribution in [3.63, 3.8) is 0 Å². The third-order valence-corrected chi connectivity index (χ3v) is 4.76. The van der Waals surface area contributed by atoms with Crippen LogP contribution in [0.1, 0.15) is 15.9 Å². The van der Waals surface area contributed by atoms with E-state index in [9.17, 15) is 9.59 Å². The van der Waals surface area contributed by atoms with E-state index in [1.807, 2.05) is 0 Å². The number of carbonyl (C=O) groups excluding carboxylic acids is 2. The van der Waals surface area contributed by atoms with Crippen LogP contribution in [0.5, 0.6) is 0 Å². The molecule has 1 aromatic heterocycles. The lowest BCUT2D eigenvalue weighted by molar-refractivity contribution is -0.123. The fourth-order valence-corrected chi connectivity index (χ4v) is 3.38. The highest BCUT2D eigenvalue weighted by Crippen LogP contribution is 2.31. The van der Waals surface area contributed by atoms with Crippen LogP contribution in [0, 0.1) is 0 Å². The molecule has 0 saturated carbocycles. The van der Waals surface area contributed by atoms with Crippen LogP contribution in [-0.4, -0.2) is 26.1 Å². The molecule has 1 aliphatic heterocycles. The standard InChI is InChI=1S/C16H10ClN3O2S2/c17-12-4-2-1-3-11(12)14(21)19-20-15(22)13(24-16(20)23)9-10-5-7-18-8-6-10/h1-9H,(H,19,21). The molecule has 0 unspecified atom stereocenters. The Bertz CT molecular complexity index is 855. The molecule has 8 heteroatoms. The Labute approximate surface area is 152 Å². The number of nitrogens with zero attached hydrogens (tertiary/aromatic N) is 2. The van der Waals surface area contributed by atoms with Crippen molar-refractivity contribution in [2.75, 3.05) is 0 Å². The number of thioether (sulfide) groups is 1. The van der Waals surface area contributed by atoms with Gasteiger partial charge in [-0.3, -0.25) is 20.0 Å². The molecule has 2 amide bonds. The number of pyridine rings is 1. The second-order valence-electron chi connectivity index (χ2n) is 4.72. The number of hydrogen-bond acceptors (Lipinski definition) is 5. The minimum Gasteiger partial charge on any atom is -0.267 e. The van der Waals surface area contributed by atoms with Crippen LogP contribution in [0.25, 0.3) is 6.08 Å². The van der Waals surface area contributed by atoms with Crippen molar-refractivity contribution in [2.24, 2.45) is 0 Å². The Morgan fingerprint density at radius 1 is 1.25 bits per heavy atom. The second-order valence-corrected chi connectivity index (χ2v) is 6.80. The molecule has 0 atom stereocenters. The van der Waals surface area contributed by atoms with E-state index < -0.39 is 5.91 Å². The van der Waals surface area contributed by atoms with Crippen molar-refractivity contribution in [1.82, 2.24) is 15.4 Å². The predicted molar refractivity (Wildman–Crippen MR) is 98.2 cm³/mol. The molecule has 0 bridgehead atoms. The van der Waals surface area contributed by atoms with Gasteiger partial charge in [0.2, 0.25) is 0 Å². The van der Waals surface area contributed by atoms with Crippen molar-refractivity contribution in [3.8, 4) is 0 Å². The lowest BCUT2D eigenvalue weighted by Gasteiger charge is -2.16. The van der Waals surface area contributed by atoms with Gasteiger partial charge in [-0.1, -0.05) is 35.5 Å². The topological polar surface area (TPSA) is 62.3 Å². The van der Waals surface area contributed by atoms with Crippen molar-refractivity contribution in [2.45, 2.75) is 0 Å². The first-order valence-corrected chi connectivity index (χ1v) is 8.40. The van der Waals surface area contributed by atoms with Crippen LogP contribution in [-0.2, 0) is 4.79 Å². The molecule has 1 N–H and O–H groups in total. The summed E-state index contributed by atoms with van der Waals surface area (Å²) >= 11 is 12.3. The summed E-state index contributed by atoms with van der Waals surface area (Å²) in [6.45, 7) is 0. The van der Waals surface area contributed by atoms with Crippen LogP contribution < -0.4 is 5.43 Å². The van der Waals surface area contributed by atoms with Gasteiger partial charge in [-0.2, -0.15) is 5.01 Å². The quantitative estimate of drug-likeness (QED) is 0.659. The van der Waals surface area contributed by atoms with E-state index in [1.54, 1.807) is 54.9 Å². The number of aromatic nitrogens is 1. The highest BCUT2D eigenvalue weighted by atomic mass is 35.5. The zero-order valence-corrected chi connectivity index (χ0v) is 14.5. The average molecular weight is 376 g/mol. The number of amides is 2. The molecule has 1 fully saturated rings. The van der Waals surface area contributed by atoms with E-state index in [0.29, 0.717) is 9.93 Å². The lowest BCUT2D eigenvalue weighted by atomic mass is 10.2. The molecule has 5 nitrogen and oxygen atoms in total. The Kier molecular flexibility index (Phi) is 4.94. The predicted octanol–water partition coefficient (Wildman–Crippen LogP) is 3.28. The van der Waals surface area contributed by atoms with Crippen molar-refractivity contribution in [1.29, 1.82) is 0 Å². The van der Waals surface area contributed by atoms with Gasteiger partial charge in [0.25, 0.3) is 11.8 Å². The van der Waals surface area contributed by atoms with Gasteiger partial charge in [0.15, 0.2) is 4.32 Å². The molecule has 24 heavy (non-hydrogen) atoms. The van der Waals surface area contributed by atoms with E-state index in [2.05, 4.69) is 10.4 Å². The summed E-state index contributed by atoms with van der Waals surface area (Å²) in [4.78, 5) is 29.1. The van der Waals surface area contributed by atoms with Crippen LogP contribution in [0.15, 0.2) is 53.7 Å². The number of rotatable bonds is 3. The maximum Gasteiger partial charge on any atom is 0.285 e. The number of hydrogen-bond donors (Lipinski definition) is 1. The van der Waals surface area contributed by atoms with Crippen molar-refractivity contribution in [3.05, 3.63) is 69.8 Å². The molecule has 0 spiro atoms. The number of halogens is 1. The molecular formula is C16H10ClN3O2S2. The summed E-state index contributed by atoms with van der Waals surface area (Å²) in [5, 5.41) is 1.35. The molecule has 1 aliphatic rings. The van der Waals surface area contributed by atoms with Gasteiger partial charge >= 0.3 is 0 Å². The van der Waals surface area contributed by atoms with Gasteiger partial charge in [-0.05, 0) is 48.1 Å². The van der Waals surface area contributed by atoms with Gasteiger partial charge in [0.05, 0.1) is 15.5 Å². The smallest absolute Gasteiger partial charge is 0.267 e. The molecule has 0 aliphatic carbocycles. The SMILES string of the molecule is O=C(NN1C(=O)C(=Cc2ccncc2)SC1=S)c1ccccc1Cl. The van der Waals surface area contributed by atoms with E-state index in [-0.39, 0.29) is 15.8 Å². The normalized spacial score (nSPS) is 15.9. The number of hydrazine groups is 1. The highest BCUT2D eigenvalue weighted by Gasteiger charge is 2.34. The van der Waals surface area contributed by atoms with Crippen LogP contribution in [0.4, 0.5) is 0 Å². The van der Waals surface area contributed by atoms with Crippen molar-refractivity contribution < 1.29 is 9.59 Å². The fourth-order valence-electron chi connectivity index (χ4n) is 1.98. The lowest BCUT2D eigenvalue weighted by Crippen LogP contribution is -2.44. The molecule has 1 saturated heterocycles. The fraction of sp³-hybridized carbons (Fsp3) is 0. The maximum absolute atomic E-state index is 12.5. The average Bonchev–Trinajstić information content (AvgIpc) is 2.83. The third-order valence-electron chi connectivity index (χ3n) is 3.13. The third kappa shape index (κ3) is 3.48. The number of nitrogens with one attached hydrogen (secondary N) is 1. The largest absolute Gasteiger partial charge is 0.285 e. The monoisotopic (exact) mass is 375 g/mol. The van der Waals surface area contributed by atoms with Crippen molar-refractivity contribution >= 4 is 57.8 Å². The van der Waals surface area contributed by atoms with Crippen LogP contribution in [0.3, 0.4) is 0 Å². The molecule has 2 heterocycles. The number of benzene rings is 1. The molecule has 2 aromatic rings. The Morgan fingerprint density at radius 2 is 1.96 bits per heavy atom. The van der Waals surface area contributed by atoms with E-state index in [4.69, 9.17) is 23.8 Å². The molecule has 1 aromatic carbocycles. The van der Waals surface area contributed by atoms with Gasteiger partial charge in [0, 0.05) is 12.4 Å². The summed E-state index contributed by atoms with van der Waals surface area (Å²) < 4.78 is 0.251. The Balaban J connectivity index is 1.79. The summed E-state index contributed by atoms with van der Waals surface area (Å²) in [5.41, 5.74) is 3.59. The number of thiocarbonyl (C=S) groups is 1. The van der Waals surface area contributed by atoms with Crippen LogP contribution >= 0.6 is 35.6 Å². The maximum atomic E-state index is 12.5. The zero-order chi connectivity index (χ0) is 17.1. The van der Waals surface area contributed by atoms with E-state index >= 15 is 0 Å². The molecule has 3 rings (SSSR count). The highest BCUT2D eigenvalue weighted by molar-refractivity contribution is 8.26.